The molecule has 2 rings (SSSR count). The van der Waals surface area contributed by atoms with E-state index in [9.17, 15) is 0 Å². The first-order valence-electron chi connectivity index (χ1n) is 4.22. The second-order valence-corrected chi connectivity index (χ2v) is 3.81. The van der Waals surface area contributed by atoms with Gasteiger partial charge < -0.3 is 0 Å². The van der Waals surface area contributed by atoms with E-state index in [1.807, 2.05) is 36.7 Å². The van der Waals surface area contributed by atoms with E-state index in [4.69, 9.17) is 5.26 Å². The van der Waals surface area contributed by atoms with Crippen LogP contribution in [0.2, 0.25) is 0 Å². The molecule has 0 aliphatic heterocycles. The summed E-state index contributed by atoms with van der Waals surface area (Å²) in [6.07, 6.45) is 0. The predicted octanol–water partition coefficient (Wildman–Crippen LogP) is 2.99. The highest BCUT2D eigenvalue weighted by atomic mass is 32.1. The SMILES string of the molecule is Cc1ncsc1-c1ccc(C#N)cc1. The van der Waals surface area contributed by atoms with Gasteiger partial charge in [0.25, 0.3) is 0 Å². The van der Waals surface area contributed by atoms with Crippen molar-refractivity contribution in [3.05, 3.63) is 41.0 Å². The lowest BCUT2D eigenvalue weighted by Gasteiger charge is -1.97. The first-order valence-corrected chi connectivity index (χ1v) is 5.10. The fourth-order valence-electron chi connectivity index (χ4n) is 1.28. The van der Waals surface area contributed by atoms with E-state index in [0.29, 0.717) is 5.56 Å². The highest BCUT2D eigenvalue weighted by Crippen LogP contribution is 2.26. The van der Waals surface area contributed by atoms with E-state index in [-0.39, 0.29) is 0 Å². The molecule has 0 N–H and O–H groups in total. The Morgan fingerprint density at radius 3 is 2.50 bits per heavy atom. The number of hydrogen-bond donors (Lipinski definition) is 0. The van der Waals surface area contributed by atoms with Gasteiger partial charge in [-0.3, -0.25) is 0 Å². The largest absolute Gasteiger partial charge is 0.249 e. The standard InChI is InChI=1S/C11H8N2S/c1-8-11(14-7-13-8)10-4-2-9(6-12)3-5-10/h2-5,7H,1H3. The molecule has 0 unspecified atom stereocenters. The first-order chi connectivity index (χ1) is 6.81. The van der Waals surface area contributed by atoms with Crippen LogP contribution in [0.4, 0.5) is 0 Å². The van der Waals surface area contributed by atoms with Crippen molar-refractivity contribution in [2.75, 3.05) is 0 Å². The van der Waals surface area contributed by atoms with Crippen LogP contribution in [-0.2, 0) is 0 Å². The van der Waals surface area contributed by atoms with Crippen LogP contribution in [-0.4, -0.2) is 4.98 Å². The zero-order chi connectivity index (χ0) is 9.97. The van der Waals surface area contributed by atoms with E-state index < -0.39 is 0 Å². The zero-order valence-electron chi connectivity index (χ0n) is 7.69. The highest BCUT2D eigenvalue weighted by Gasteiger charge is 2.03. The minimum atomic E-state index is 0.691. The molecule has 68 valence electrons. The van der Waals surface area contributed by atoms with Gasteiger partial charge in [0.2, 0.25) is 0 Å². The maximum absolute atomic E-state index is 8.65. The van der Waals surface area contributed by atoms with Crippen molar-refractivity contribution in [1.29, 1.82) is 5.26 Å². The molecule has 2 nitrogen and oxygen atoms in total. The second-order valence-electron chi connectivity index (χ2n) is 2.96. The van der Waals surface area contributed by atoms with Crippen LogP contribution in [0.25, 0.3) is 10.4 Å². The molecule has 0 atom stereocenters. The number of aryl methyl sites for hydroxylation is 1. The maximum Gasteiger partial charge on any atom is 0.0991 e. The second kappa shape index (κ2) is 3.60. The van der Waals surface area contributed by atoms with Crippen LogP contribution in [0.3, 0.4) is 0 Å². The van der Waals surface area contributed by atoms with Crippen LogP contribution >= 0.6 is 11.3 Å². The molecule has 0 radical (unpaired) electrons. The fraction of sp³-hybridized carbons (Fsp3) is 0.0909. The summed E-state index contributed by atoms with van der Waals surface area (Å²) in [6.45, 7) is 1.99. The third kappa shape index (κ3) is 1.52. The van der Waals surface area contributed by atoms with Gasteiger partial charge in [-0.1, -0.05) is 12.1 Å². The normalized spacial score (nSPS) is 9.71. The molecule has 0 saturated heterocycles. The quantitative estimate of drug-likeness (QED) is 0.709. The van der Waals surface area contributed by atoms with Gasteiger partial charge in [0.15, 0.2) is 0 Å². The van der Waals surface area contributed by atoms with Gasteiger partial charge in [-0.05, 0) is 24.6 Å². The monoisotopic (exact) mass is 200 g/mol. The smallest absolute Gasteiger partial charge is 0.0991 e. The van der Waals surface area contributed by atoms with E-state index in [0.717, 1.165) is 11.3 Å². The summed E-state index contributed by atoms with van der Waals surface area (Å²) in [6, 6.07) is 9.67. The summed E-state index contributed by atoms with van der Waals surface area (Å²) in [7, 11) is 0. The van der Waals surface area contributed by atoms with Crippen molar-refractivity contribution in [2.45, 2.75) is 6.92 Å². The first kappa shape index (κ1) is 8.92. The van der Waals surface area contributed by atoms with E-state index in [1.165, 1.54) is 4.88 Å². The minimum Gasteiger partial charge on any atom is -0.249 e. The lowest BCUT2D eigenvalue weighted by atomic mass is 10.1. The number of nitrogens with zero attached hydrogens (tertiary/aromatic N) is 2. The Bertz CT molecular complexity index is 477. The van der Waals surface area contributed by atoms with Crippen molar-refractivity contribution in [1.82, 2.24) is 4.98 Å². The molecule has 0 aliphatic rings. The molecule has 1 aromatic carbocycles. The highest BCUT2D eigenvalue weighted by molar-refractivity contribution is 7.13. The van der Waals surface area contributed by atoms with Crippen LogP contribution in [0.1, 0.15) is 11.3 Å². The number of hydrogen-bond acceptors (Lipinski definition) is 3. The molecule has 0 aliphatic carbocycles. The Morgan fingerprint density at radius 1 is 1.29 bits per heavy atom. The summed E-state index contributed by atoms with van der Waals surface area (Å²) in [5.74, 6) is 0. The van der Waals surface area contributed by atoms with Gasteiger partial charge in [-0.2, -0.15) is 5.26 Å². The van der Waals surface area contributed by atoms with E-state index in [2.05, 4.69) is 11.1 Å². The molecule has 3 heteroatoms. The molecule has 2 aromatic rings. The molecule has 0 bridgehead atoms. The summed E-state index contributed by atoms with van der Waals surface area (Å²) >= 11 is 1.62. The summed E-state index contributed by atoms with van der Waals surface area (Å²) < 4.78 is 0. The van der Waals surface area contributed by atoms with Crippen molar-refractivity contribution < 1.29 is 0 Å². The lowest BCUT2D eigenvalue weighted by Crippen LogP contribution is -1.78. The fourth-order valence-corrected chi connectivity index (χ4v) is 2.09. The molecule has 0 saturated carbocycles. The third-order valence-electron chi connectivity index (χ3n) is 2.02. The number of aromatic nitrogens is 1. The van der Waals surface area contributed by atoms with Crippen LogP contribution < -0.4 is 0 Å². The van der Waals surface area contributed by atoms with Gasteiger partial charge in [0.1, 0.15) is 0 Å². The zero-order valence-corrected chi connectivity index (χ0v) is 8.51. The minimum absolute atomic E-state index is 0.691. The van der Waals surface area contributed by atoms with Crippen LogP contribution in [0, 0.1) is 18.3 Å². The van der Waals surface area contributed by atoms with Gasteiger partial charge >= 0.3 is 0 Å². The van der Waals surface area contributed by atoms with E-state index >= 15 is 0 Å². The molecular formula is C11H8N2S. The number of rotatable bonds is 1. The average molecular weight is 200 g/mol. The predicted molar refractivity (Wildman–Crippen MR) is 57.0 cm³/mol. The Hall–Kier alpha value is -1.66. The summed E-state index contributed by atoms with van der Waals surface area (Å²) in [5.41, 5.74) is 4.70. The molecule has 1 heterocycles. The number of benzene rings is 1. The van der Waals surface area contributed by atoms with Gasteiger partial charge in [0.05, 0.1) is 27.7 Å². The van der Waals surface area contributed by atoms with Crippen LogP contribution in [0.5, 0.6) is 0 Å². The molecule has 0 spiro atoms. The van der Waals surface area contributed by atoms with Crippen LogP contribution in [0.15, 0.2) is 29.8 Å². The Labute approximate surface area is 86.5 Å². The van der Waals surface area contributed by atoms with Crippen molar-refractivity contribution in [3.63, 3.8) is 0 Å². The third-order valence-corrected chi connectivity index (χ3v) is 3.00. The lowest BCUT2D eigenvalue weighted by molar-refractivity contribution is 1.27. The molecular weight excluding hydrogens is 192 g/mol. The number of nitriles is 1. The van der Waals surface area contributed by atoms with Gasteiger partial charge in [0, 0.05) is 0 Å². The Kier molecular flexibility index (Phi) is 2.30. The van der Waals surface area contributed by atoms with Crippen molar-refractivity contribution >= 4 is 11.3 Å². The topological polar surface area (TPSA) is 36.7 Å². The molecule has 0 fully saturated rings. The number of thiazole rings is 1. The van der Waals surface area contributed by atoms with Crippen molar-refractivity contribution in [2.24, 2.45) is 0 Å². The van der Waals surface area contributed by atoms with Gasteiger partial charge in [-0.15, -0.1) is 11.3 Å². The molecule has 1 aromatic heterocycles. The van der Waals surface area contributed by atoms with Crippen molar-refractivity contribution in [3.8, 4) is 16.5 Å². The Morgan fingerprint density at radius 2 is 2.00 bits per heavy atom. The van der Waals surface area contributed by atoms with E-state index in [1.54, 1.807) is 11.3 Å². The molecule has 14 heavy (non-hydrogen) atoms. The summed E-state index contributed by atoms with van der Waals surface area (Å²) in [5, 5.41) is 8.65. The average Bonchev–Trinajstić information content (AvgIpc) is 2.65. The molecule has 0 amide bonds. The maximum atomic E-state index is 8.65. The summed E-state index contributed by atoms with van der Waals surface area (Å²) in [4.78, 5) is 5.36. The Balaban J connectivity index is 2.45. The van der Waals surface area contributed by atoms with Gasteiger partial charge in [-0.25, -0.2) is 4.98 Å².